The SMILES string of the molecule is CN(C)CC/C=C1\c2cc(CC(=O)O)ccc2OCc2ccsc21. The Labute approximate surface area is 146 Å². The molecule has 0 atom stereocenters. The van der Waals surface area contributed by atoms with Crippen molar-refractivity contribution in [2.24, 2.45) is 0 Å². The number of carboxylic acids is 1. The van der Waals surface area contributed by atoms with Crippen LogP contribution in [0, 0.1) is 0 Å². The minimum Gasteiger partial charge on any atom is -0.488 e. The van der Waals surface area contributed by atoms with Crippen LogP contribution >= 0.6 is 11.3 Å². The average Bonchev–Trinajstić information content (AvgIpc) is 2.92. The van der Waals surface area contributed by atoms with E-state index < -0.39 is 5.97 Å². The molecule has 1 N–H and O–H groups in total. The normalized spacial score (nSPS) is 14.9. The second-order valence-electron chi connectivity index (χ2n) is 6.17. The van der Waals surface area contributed by atoms with E-state index in [-0.39, 0.29) is 6.42 Å². The number of benzene rings is 1. The van der Waals surface area contributed by atoms with Gasteiger partial charge in [0, 0.05) is 22.5 Å². The van der Waals surface area contributed by atoms with E-state index >= 15 is 0 Å². The predicted molar refractivity (Wildman–Crippen MR) is 96.7 cm³/mol. The summed E-state index contributed by atoms with van der Waals surface area (Å²) in [6, 6.07) is 7.79. The second kappa shape index (κ2) is 7.20. The maximum absolute atomic E-state index is 11.0. The van der Waals surface area contributed by atoms with Crippen molar-refractivity contribution in [1.29, 1.82) is 0 Å². The van der Waals surface area contributed by atoms with Crippen LogP contribution in [-0.2, 0) is 17.8 Å². The van der Waals surface area contributed by atoms with Gasteiger partial charge in [0.15, 0.2) is 0 Å². The van der Waals surface area contributed by atoms with E-state index in [1.807, 2.05) is 18.2 Å². The first kappa shape index (κ1) is 16.7. The van der Waals surface area contributed by atoms with Crippen molar-refractivity contribution in [3.05, 3.63) is 57.3 Å². The van der Waals surface area contributed by atoms with Crippen molar-refractivity contribution >= 4 is 22.9 Å². The summed E-state index contributed by atoms with van der Waals surface area (Å²) in [6.45, 7) is 1.52. The van der Waals surface area contributed by atoms with Gasteiger partial charge < -0.3 is 14.7 Å². The molecule has 2 aromatic rings. The first-order valence-electron chi connectivity index (χ1n) is 7.94. The van der Waals surface area contributed by atoms with Crippen LogP contribution in [0.3, 0.4) is 0 Å². The van der Waals surface area contributed by atoms with Crippen LogP contribution in [0.4, 0.5) is 0 Å². The van der Waals surface area contributed by atoms with Crippen LogP contribution in [0.15, 0.2) is 35.7 Å². The van der Waals surface area contributed by atoms with Crippen LogP contribution < -0.4 is 4.74 Å². The molecule has 0 amide bonds. The molecule has 1 aliphatic rings. The number of hydrogen-bond acceptors (Lipinski definition) is 4. The van der Waals surface area contributed by atoms with Gasteiger partial charge in [0.2, 0.25) is 0 Å². The lowest BCUT2D eigenvalue weighted by Crippen LogP contribution is -2.12. The monoisotopic (exact) mass is 343 g/mol. The van der Waals surface area contributed by atoms with Gasteiger partial charge in [-0.05, 0) is 55.2 Å². The summed E-state index contributed by atoms with van der Waals surface area (Å²) in [7, 11) is 4.12. The summed E-state index contributed by atoms with van der Waals surface area (Å²) < 4.78 is 5.96. The van der Waals surface area contributed by atoms with E-state index in [9.17, 15) is 4.79 Å². The minimum atomic E-state index is -0.820. The fraction of sp³-hybridized carbons (Fsp3) is 0.316. The van der Waals surface area contributed by atoms with Crippen molar-refractivity contribution in [2.75, 3.05) is 20.6 Å². The molecule has 0 saturated heterocycles. The summed E-state index contributed by atoms with van der Waals surface area (Å²) in [6.07, 6.45) is 3.20. The minimum absolute atomic E-state index is 0.0234. The quantitative estimate of drug-likeness (QED) is 0.900. The fourth-order valence-corrected chi connectivity index (χ4v) is 3.80. The van der Waals surface area contributed by atoms with Gasteiger partial charge in [-0.2, -0.15) is 0 Å². The van der Waals surface area contributed by atoms with E-state index in [1.165, 1.54) is 10.4 Å². The van der Waals surface area contributed by atoms with Crippen LogP contribution in [0.1, 0.15) is 28.0 Å². The lowest BCUT2D eigenvalue weighted by Gasteiger charge is -2.12. The number of fused-ring (bicyclic) bond motifs is 2. The molecule has 0 fully saturated rings. The Morgan fingerprint density at radius 3 is 2.96 bits per heavy atom. The Hall–Kier alpha value is -2.11. The molecular formula is C19H21NO3S. The molecule has 0 spiro atoms. The Bertz CT molecular complexity index is 777. The number of hydrogen-bond donors (Lipinski definition) is 1. The first-order chi connectivity index (χ1) is 11.5. The van der Waals surface area contributed by atoms with E-state index in [0.717, 1.165) is 35.4 Å². The Kier molecular flexibility index (Phi) is 5.02. The highest BCUT2D eigenvalue weighted by Crippen LogP contribution is 2.40. The summed E-state index contributed by atoms with van der Waals surface area (Å²) in [4.78, 5) is 14.4. The Balaban J connectivity index is 2.04. The zero-order chi connectivity index (χ0) is 17.1. The summed E-state index contributed by atoms with van der Waals surface area (Å²) >= 11 is 1.71. The number of rotatable bonds is 5. The number of thiophene rings is 1. The molecule has 24 heavy (non-hydrogen) atoms. The molecule has 0 radical (unpaired) electrons. The zero-order valence-electron chi connectivity index (χ0n) is 13.9. The smallest absolute Gasteiger partial charge is 0.307 e. The molecule has 4 nitrogen and oxygen atoms in total. The third-order valence-corrected chi connectivity index (χ3v) is 4.98. The molecule has 1 aromatic heterocycles. The highest BCUT2D eigenvalue weighted by Gasteiger charge is 2.21. The van der Waals surface area contributed by atoms with Gasteiger partial charge in [-0.15, -0.1) is 11.3 Å². The standard InChI is InChI=1S/C19H21NO3S/c1-20(2)8-3-4-15-16-10-13(11-18(21)22)5-6-17(16)23-12-14-7-9-24-19(14)15/h4-7,9-10H,3,8,11-12H2,1-2H3,(H,21,22)/b15-4+. The molecule has 1 aliphatic heterocycles. The number of nitrogens with zero attached hydrogens (tertiary/aromatic N) is 1. The van der Waals surface area contributed by atoms with Gasteiger partial charge in [0.25, 0.3) is 0 Å². The van der Waals surface area contributed by atoms with Crippen LogP contribution in [0.25, 0.3) is 5.57 Å². The lowest BCUT2D eigenvalue weighted by atomic mass is 9.97. The van der Waals surface area contributed by atoms with Crippen LogP contribution in [-0.4, -0.2) is 36.6 Å². The molecule has 5 heteroatoms. The molecule has 0 bridgehead atoms. The van der Waals surface area contributed by atoms with Gasteiger partial charge >= 0.3 is 5.97 Å². The van der Waals surface area contributed by atoms with Crippen LogP contribution in [0.2, 0.25) is 0 Å². The fourth-order valence-electron chi connectivity index (χ4n) is 2.83. The Morgan fingerprint density at radius 1 is 1.38 bits per heavy atom. The number of carboxylic acid groups (broad SMARTS) is 1. The van der Waals surface area contributed by atoms with Crippen molar-refractivity contribution in [3.63, 3.8) is 0 Å². The molecule has 0 unspecified atom stereocenters. The van der Waals surface area contributed by atoms with E-state index in [0.29, 0.717) is 6.61 Å². The third kappa shape index (κ3) is 3.68. The largest absolute Gasteiger partial charge is 0.488 e. The van der Waals surface area contributed by atoms with E-state index in [1.54, 1.807) is 11.3 Å². The molecule has 2 heterocycles. The maximum Gasteiger partial charge on any atom is 0.307 e. The summed E-state index contributed by atoms with van der Waals surface area (Å²) in [5, 5.41) is 11.2. The van der Waals surface area contributed by atoms with Crippen molar-refractivity contribution < 1.29 is 14.6 Å². The number of ether oxygens (including phenoxy) is 1. The van der Waals surface area contributed by atoms with Gasteiger partial charge in [-0.25, -0.2) is 0 Å². The third-order valence-electron chi connectivity index (χ3n) is 3.99. The lowest BCUT2D eigenvalue weighted by molar-refractivity contribution is -0.136. The van der Waals surface area contributed by atoms with E-state index in [4.69, 9.17) is 9.84 Å². The van der Waals surface area contributed by atoms with Gasteiger partial charge in [0.1, 0.15) is 12.4 Å². The molecule has 126 valence electrons. The molecule has 0 aliphatic carbocycles. The summed E-state index contributed by atoms with van der Waals surface area (Å²) in [5.74, 6) is 0.00285. The van der Waals surface area contributed by atoms with E-state index in [2.05, 4.69) is 36.5 Å². The first-order valence-corrected chi connectivity index (χ1v) is 8.82. The molecule has 1 aromatic carbocycles. The van der Waals surface area contributed by atoms with Crippen molar-refractivity contribution in [2.45, 2.75) is 19.4 Å². The number of carbonyl (C=O) groups is 1. The second-order valence-corrected chi connectivity index (χ2v) is 7.09. The molecular weight excluding hydrogens is 322 g/mol. The van der Waals surface area contributed by atoms with Gasteiger partial charge in [0.05, 0.1) is 6.42 Å². The van der Waals surface area contributed by atoms with Gasteiger partial charge in [-0.1, -0.05) is 12.1 Å². The molecule has 3 rings (SSSR count). The van der Waals surface area contributed by atoms with Gasteiger partial charge in [-0.3, -0.25) is 4.79 Å². The van der Waals surface area contributed by atoms with Crippen LogP contribution in [0.5, 0.6) is 5.75 Å². The topological polar surface area (TPSA) is 49.8 Å². The number of aliphatic carboxylic acids is 1. The average molecular weight is 343 g/mol. The summed E-state index contributed by atoms with van der Waals surface area (Å²) in [5.41, 5.74) is 4.13. The van der Waals surface area contributed by atoms with Crippen molar-refractivity contribution in [3.8, 4) is 5.75 Å². The highest BCUT2D eigenvalue weighted by molar-refractivity contribution is 7.11. The highest BCUT2D eigenvalue weighted by atomic mass is 32.1. The predicted octanol–water partition coefficient (Wildman–Crippen LogP) is 3.65. The zero-order valence-corrected chi connectivity index (χ0v) is 14.7. The van der Waals surface area contributed by atoms with Crippen molar-refractivity contribution in [1.82, 2.24) is 4.90 Å². The maximum atomic E-state index is 11.0. The Morgan fingerprint density at radius 2 is 2.21 bits per heavy atom. The molecule has 0 saturated carbocycles.